The Bertz CT molecular complexity index is 369. The van der Waals surface area contributed by atoms with Gasteiger partial charge in [-0.2, -0.15) is 0 Å². The van der Waals surface area contributed by atoms with Gasteiger partial charge in [0.2, 0.25) is 0 Å². The fourth-order valence-electron chi connectivity index (χ4n) is 4.15. The van der Waals surface area contributed by atoms with E-state index in [-0.39, 0.29) is 6.03 Å². The first-order chi connectivity index (χ1) is 10.7. The number of hydrogen-bond acceptors (Lipinski definition) is 3. The molecule has 2 heterocycles. The number of piperidine rings is 1. The Hall–Kier alpha value is -0.810. The largest absolute Gasteiger partial charge is 0.377 e. The average molecular weight is 309 g/mol. The van der Waals surface area contributed by atoms with Crippen molar-refractivity contribution in [2.24, 2.45) is 5.92 Å². The van der Waals surface area contributed by atoms with Gasteiger partial charge in [-0.25, -0.2) is 4.79 Å². The summed E-state index contributed by atoms with van der Waals surface area (Å²) in [7, 11) is 0. The van der Waals surface area contributed by atoms with Gasteiger partial charge in [0.25, 0.3) is 0 Å². The maximum atomic E-state index is 11.7. The van der Waals surface area contributed by atoms with Crippen LogP contribution in [0.3, 0.4) is 0 Å². The number of carbonyl (C=O) groups excluding carboxylic acids is 1. The zero-order valence-corrected chi connectivity index (χ0v) is 13.9. The molecule has 2 amide bonds. The summed E-state index contributed by atoms with van der Waals surface area (Å²) in [6.07, 6.45) is 7.97. The quantitative estimate of drug-likeness (QED) is 0.845. The molecule has 2 saturated heterocycles. The van der Waals surface area contributed by atoms with Gasteiger partial charge in [-0.05, 0) is 31.6 Å². The molecule has 1 saturated carbocycles. The molecule has 0 aromatic rings. The minimum absolute atomic E-state index is 0.132. The third kappa shape index (κ3) is 3.93. The van der Waals surface area contributed by atoms with Crippen molar-refractivity contribution in [2.45, 2.75) is 57.6 Å². The first kappa shape index (κ1) is 16.1. The van der Waals surface area contributed by atoms with Crippen LogP contribution in [0.5, 0.6) is 0 Å². The van der Waals surface area contributed by atoms with Crippen LogP contribution in [0.15, 0.2) is 0 Å². The van der Waals surface area contributed by atoms with Gasteiger partial charge in [-0.1, -0.05) is 19.8 Å². The second-order valence-corrected chi connectivity index (χ2v) is 7.17. The second kappa shape index (κ2) is 7.64. The SMILES string of the molecule is CC1CCCCC1OCCN1CCC(N2CCNC2=O)CC1. The highest BCUT2D eigenvalue weighted by Gasteiger charge is 2.30. The van der Waals surface area contributed by atoms with Crippen LogP contribution >= 0.6 is 0 Å². The molecule has 5 nitrogen and oxygen atoms in total. The number of nitrogens with zero attached hydrogens (tertiary/aromatic N) is 2. The molecule has 1 N–H and O–H groups in total. The smallest absolute Gasteiger partial charge is 0.317 e. The zero-order valence-electron chi connectivity index (χ0n) is 13.9. The summed E-state index contributed by atoms with van der Waals surface area (Å²) in [5.74, 6) is 0.730. The van der Waals surface area contributed by atoms with E-state index in [1.54, 1.807) is 0 Å². The van der Waals surface area contributed by atoms with E-state index in [9.17, 15) is 4.79 Å². The number of carbonyl (C=O) groups is 1. The van der Waals surface area contributed by atoms with Crippen molar-refractivity contribution in [3.8, 4) is 0 Å². The van der Waals surface area contributed by atoms with Crippen LogP contribution in [0.25, 0.3) is 0 Å². The molecule has 0 spiro atoms. The van der Waals surface area contributed by atoms with Crippen LogP contribution < -0.4 is 5.32 Å². The van der Waals surface area contributed by atoms with Crippen LogP contribution in [-0.2, 0) is 4.74 Å². The number of ether oxygens (including phenoxy) is 1. The average Bonchev–Trinajstić information content (AvgIpc) is 2.96. The molecular formula is C17H31N3O2. The minimum atomic E-state index is 0.132. The molecule has 0 aromatic carbocycles. The fraction of sp³-hybridized carbons (Fsp3) is 0.941. The highest BCUT2D eigenvalue weighted by Crippen LogP contribution is 2.26. The molecule has 0 bridgehead atoms. The number of likely N-dealkylation sites (tertiary alicyclic amines) is 1. The number of urea groups is 1. The Balaban J connectivity index is 1.33. The van der Waals surface area contributed by atoms with E-state index < -0.39 is 0 Å². The predicted octanol–water partition coefficient (Wildman–Crippen LogP) is 2.07. The van der Waals surface area contributed by atoms with Gasteiger partial charge in [-0.15, -0.1) is 0 Å². The van der Waals surface area contributed by atoms with Crippen molar-refractivity contribution < 1.29 is 9.53 Å². The van der Waals surface area contributed by atoms with Crippen LogP contribution in [0.4, 0.5) is 4.79 Å². The molecule has 3 fully saturated rings. The third-order valence-corrected chi connectivity index (χ3v) is 5.66. The Labute approximate surface area is 134 Å². The molecule has 0 radical (unpaired) electrons. The van der Waals surface area contributed by atoms with Crippen molar-refractivity contribution in [3.63, 3.8) is 0 Å². The summed E-state index contributed by atoms with van der Waals surface area (Å²) in [6.45, 7) is 8.12. The second-order valence-electron chi connectivity index (χ2n) is 7.17. The van der Waals surface area contributed by atoms with Crippen LogP contribution in [0.2, 0.25) is 0 Å². The first-order valence-electron chi connectivity index (χ1n) is 9.12. The van der Waals surface area contributed by atoms with Gasteiger partial charge in [-0.3, -0.25) is 0 Å². The van der Waals surface area contributed by atoms with Gasteiger partial charge < -0.3 is 19.9 Å². The normalized spacial score (nSPS) is 31.5. The molecule has 5 heteroatoms. The summed E-state index contributed by atoms with van der Waals surface area (Å²) in [5.41, 5.74) is 0. The third-order valence-electron chi connectivity index (χ3n) is 5.66. The Morgan fingerprint density at radius 3 is 2.59 bits per heavy atom. The molecule has 3 rings (SSSR count). The predicted molar refractivity (Wildman–Crippen MR) is 86.9 cm³/mol. The van der Waals surface area contributed by atoms with E-state index >= 15 is 0 Å². The van der Waals surface area contributed by atoms with Crippen molar-refractivity contribution in [1.29, 1.82) is 0 Å². The molecule has 1 aliphatic carbocycles. The van der Waals surface area contributed by atoms with Crippen LogP contribution in [0, 0.1) is 5.92 Å². The number of rotatable bonds is 5. The van der Waals surface area contributed by atoms with Crippen LogP contribution in [-0.4, -0.2) is 67.3 Å². The molecule has 2 unspecified atom stereocenters. The molecular weight excluding hydrogens is 278 g/mol. The lowest BCUT2D eigenvalue weighted by Gasteiger charge is -2.36. The number of nitrogens with one attached hydrogen (secondary N) is 1. The van der Waals surface area contributed by atoms with Crippen molar-refractivity contribution in [1.82, 2.24) is 15.1 Å². The highest BCUT2D eigenvalue weighted by atomic mass is 16.5. The topological polar surface area (TPSA) is 44.8 Å². The summed E-state index contributed by atoms with van der Waals surface area (Å²) in [6, 6.07) is 0.575. The van der Waals surface area contributed by atoms with E-state index in [0.717, 1.165) is 58.1 Å². The van der Waals surface area contributed by atoms with Crippen molar-refractivity contribution in [2.75, 3.05) is 39.3 Å². The minimum Gasteiger partial charge on any atom is -0.377 e. The van der Waals surface area contributed by atoms with Gasteiger partial charge in [0.1, 0.15) is 0 Å². The van der Waals surface area contributed by atoms with Gasteiger partial charge in [0.15, 0.2) is 0 Å². The molecule has 2 aliphatic heterocycles. The molecule has 22 heavy (non-hydrogen) atoms. The Morgan fingerprint density at radius 2 is 1.91 bits per heavy atom. The van der Waals surface area contributed by atoms with Crippen molar-refractivity contribution >= 4 is 6.03 Å². The van der Waals surface area contributed by atoms with Gasteiger partial charge in [0.05, 0.1) is 12.7 Å². The Morgan fingerprint density at radius 1 is 1.14 bits per heavy atom. The van der Waals surface area contributed by atoms with Crippen molar-refractivity contribution in [3.05, 3.63) is 0 Å². The molecule has 126 valence electrons. The maximum Gasteiger partial charge on any atom is 0.317 e. The highest BCUT2D eigenvalue weighted by molar-refractivity contribution is 5.76. The monoisotopic (exact) mass is 309 g/mol. The fourth-order valence-corrected chi connectivity index (χ4v) is 4.15. The molecule has 3 aliphatic rings. The van der Waals surface area contributed by atoms with E-state index in [1.807, 2.05) is 4.90 Å². The summed E-state index contributed by atoms with van der Waals surface area (Å²) < 4.78 is 6.13. The summed E-state index contributed by atoms with van der Waals surface area (Å²) in [5, 5.41) is 2.91. The van der Waals surface area contributed by atoms with Gasteiger partial charge >= 0.3 is 6.03 Å². The van der Waals surface area contributed by atoms with E-state index in [1.165, 1.54) is 25.7 Å². The lowest BCUT2D eigenvalue weighted by atomic mass is 9.88. The molecule has 0 aromatic heterocycles. The molecule has 2 atom stereocenters. The number of hydrogen-bond donors (Lipinski definition) is 1. The number of amides is 2. The summed E-state index contributed by atoms with van der Waals surface area (Å²) in [4.78, 5) is 16.2. The van der Waals surface area contributed by atoms with E-state index in [2.05, 4.69) is 17.1 Å². The Kier molecular flexibility index (Phi) is 5.58. The maximum absolute atomic E-state index is 11.7. The lowest BCUT2D eigenvalue weighted by Crippen LogP contribution is -2.46. The standard InChI is InChI=1S/C17H31N3O2/c1-14-4-2-3-5-16(14)22-13-12-19-9-6-15(7-10-19)20-11-8-18-17(20)21/h14-16H,2-13H2,1H3,(H,18,21). The first-order valence-corrected chi connectivity index (χ1v) is 9.12. The summed E-state index contributed by atoms with van der Waals surface area (Å²) >= 11 is 0. The van der Waals surface area contributed by atoms with E-state index in [0.29, 0.717) is 12.1 Å². The van der Waals surface area contributed by atoms with E-state index in [4.69, 9.17) is 4.74 Å². The van der Waals surface area contributed by atoms with Crippen LogP contribution in [0.1, 0.15) is 45.4 Å². The lowest BCUT2D eigenvalue weighted by molar-refractivity contribution is -0.0169. The van der Waals surface area contributed by atoms with Gasteiger partial charge in [0, 0.05) is 38.8 Å². The zero-order chi connectivity index (χ0) is 15.4.